The Morgan fingerprint density at radius 1 is 1.47 bits per heavy atom. The second-order valence-corrected chi connectivity index (χ2v) is 4.66. The number of nitrogens with zero attached hydrogens (tertiary/aromatic N) is 1. The summed E-state index contributed by atoms with van der Waals surface area (Å²) in [6.45, 7) is 5.52. The Morgan fingerprint density at radius 3 is 2.65 bits per heavy atom. The van der Waals surface area contributed by atoms with Crippen molar-refractivity contribution < 1.29 is 4.79 Å². The van der Waals surface area contributed by atoms with E-state index in [-0.39, 0.29) is 11.8 Å². The summed E-state index contributed by atoms with van der Waals surface area (Å²) in [4.78, 5) is 11.9. The second-order valence-electron chi connectivity index (χ2n) is 4.25. The molecule has 1 aromatic rings. The van der Waals surface area contributed by atoms with E-state index in [1.165, 1.54) is 0 Å². The normalized spacial score (nSPS) is 12.0. The third kappa shape index (κ3) is 3.21. The Morgan fingerprint density at radius 2 is 2.12 bits per heavy atom. The zero-order valence-electron chi connectivity index (χ0n) is 10.1. The van der Waals surface area contributed by atoms with Gasteiger partial charge in [-0.1, -0.05) is 31.5 Å². The Kier molecular flexibility index (Phi) is 4.53. The molecule has 1 rings (SSSR count). The van der Waals surface area contributed by atoms with Crippen molar-refractivity contribution in [3.8, 4) is 6.07 Å². The molecule has 0 aliphatic rings. The highest BCUT2D eigenvalue weighted by atomic mass is 35.5. The minimum Gasteiger partial charge on any atom is -0.325 e. The second kappa shape index (κ2) is 5.70. The SMILES string of the molecule is Cc1c(Cl)cccc1NC(=O)C(C#N)C(C)C. The number of carbonyl (C=O) groups excluding carboxylic acids is 1. The van der Waals surface area contributed by atoms with Crippen LogP contribution in [0.4, 0.5) is 5.69 Å². The number of nitrogens with one attached hydrogen (secondary N) is 1. The highest BCUT2D eigenvalue weighted by Crippen LogP contribution is 2.24. The smallest absolute Gasteiger partial charge is 0.241 e. The van der Waals surface area contributed by atoms with Crippen LogP contribution in [0.1, 0.15) is 19.4 Å². The van der Waals surface area contributed by atoms with E-state index in [2.05, 4.69) is 5.32 Å². The van der Waals surface area contributed by atoms with Gasteiger partial charge in [-0.2, -0.15) is 5.26 Å². The van der Waals surface area contributed by atoms with Gasteiger partial charge in [0.15, 0.2) is 0 Å². The number of hydrogen-bond acceptors (Lipinski definition) is 2. The van der Waals surface area contributed by atoms with Crippen molar-refractivity contribution in [3.05, 3.63) is 28.8 Å². The number of rotatable bonds is 3. The van der Waals surface area contributed by atoms with Gasteiger partial charge in [0.2, 0.25) is 5.91 Å². The van der Waals surface area contributed by atoms with E-state index in [0.29, 0.717) is 10.7 Å². The lowest BCUT2D eigenvalue weighted by molar-refractivity contribution is -0.119. The number of benzene rings is 1. The van der Waals surface area contributed by atoms with Gasteiger partial charge in [0.05, 0.1) is 6.07 Å². The lowest BCUT2D eigenvalue weighted by Gasteiger charge is -2.14. The quantitative estimate of drug-likeness (QED) is 0.894. The van der Waals surface area contributed by atoms with E-state index in [1.807, 2.05) is 26.8 Å². The first-order valence-electron chi connectivity index (χ1n) is 5.43. The molecule has 0 aliphatic carbocycles. The largest absolute Gasteiger partial charge is 0.325 e. The first-order chi connectivity index (χ1) is 7.97. The minimum absolute atomic E-state index is 0.0144. The van der Waals surface area contributed by atoms with Crippen LogP contribution in [0.25, 0.3) is 0 Å². The number of amides is 1. The molecule has 1 atom stereocenters. The molecular formula is C13H15ClN2O. The van der Waals surface area contributed by atoms with Gasteiger partial charge in [-0.25, -0.2) is 0 Å². The Hall–Kier alpha value is -1.53. The molecule has 1 aromatic carbocycles. The number of halogens is 1. The van der Waals surface area contributed by atoms with Crippen molar-refractivity contribution in [2.75, 3.05) is 5.32 Å². The molecule has 3 nitrogen and oxygen atoms in total. The van der Waals surface area contributed by atoms with Crippen molar-refractivity contribution in [2.45, 2.75) is 20.8 Å². The maximum atomic E-state index is 11.9. The molecule has 0 radical (unpaired) electrons. The first kappa shape index (κ1) is 13.5. The molecule has 1 amide bonds. The third-order valence-electron chi connectivity index (χ3n) is 2.61. The predicted octanol–water partition coefficient (Wildman–Crippen LogP) is 3.38. The molecule has 0 fully saturated rings. The zero-order chi connectivity index (χ0) is 13.0. The lowest BCUT2D eigenvalue weighted by atomic mass is 9.96. The van der Waals surface area contributed by atoms with Gasteiger partial charge >= 0.3 is 0 Å². The van der Waals surface area contributed by atoms with Gasteiger partial charge in [-0.05, 0) is 30.5 Å². The van der Waals surface area contributed by atoms with Crippen LogP contribution in [0.3, 0.4) is 0 Å². The maximum Gasteiger partial charge on any atom is 0.241 e. The zero-order valence-corrected chi connectivity index (χ0v) is 10.9. The van der Waals surface area contributed by atoms with E-state index in [4.69, 9.17) is 16.9 Å². The number of anilines is 1. The van der Waals surface area contributed by atoms with Crippen molar-refractivity contribution in [2.24, 2.45) is 11.8 Å². The van der Waals surface area contributed by atoms with Crippen LogP contribution in [0.2, 0.25) is 5.02 Å². The average molecular weight is 251 g/mol. The number of nitriles is 1. The highest BCUT2D eigenvalue weighted by molar-refractivity contribution is 6.31. The molecule has 1 unspecified atom stereocenters. The Balaban J connectivity index is 2.89. The molecule has 0 spiro atoms. The fraction of sp³-hybridized carbons (Fsp3) is 0.385. The molecule has 0 saturated heterocycles. The fourth-order valence-electron chi connectivity index (χ4n) is 1.46. The molecule has 0 aliphatic heterocycles. The first-order valence-corrected chi connectivity index (χ1v) is 5.80. The molecule has 4 heteroatoms. The standard InChI is InChI=1S/C13H15ClN2O/c1-8(2)10(7-15)13(17)16-12-6-4-5-11(14)9(12)3/h4-6,8,10H,1-3H3,(H,16,17). The molecule has 0 aromatic heterocycles. The molecule has 0 bridgehead atoms. The third-order valence-corrected chi connectivity index (χ3v) is 3.02. The summed E-state index contributed by atoms with van der Waals surface area (Å²) in [7, 11) is 0. The van der Waals surface area contributed by atoms with Crippen LogP contribution in [-0.4, -0.2) is 5.91 Å². The van der Waals surface area contributed by atoms with E-state index < -0.39 is 5.92 Å². The maximum absolute atomic E-state index is 11.9. The van der Waals surface area contributed by atoms with Gasteiger partial charge in [0.1, 0.15) is 5.92 Å². The van der Waals surface area contributed by atoms with E-state index in [1.54, 1.807) is 18.2 Å². The molecule has 1 N–H and O–H groups in total. The van der Waals surface area contributed by atoms with Gasteiger partial charge in [-0.3, -0.25) is 4.79 Å². The fourth-order valence-corrected chi connectivity index (χ4v) is 1.64. The topological polar surface area (TPSA) is 52.9 Å². The van der Waals surface area contributed by atoms with Crippen molar-refractivity contribution in [1.82, 2.24) is 0 Å². The van der Waals surface area contributed by atoms with E-state index in [0.717, 1.165) is 5.56 Å². The highest BCUT2D eigenvalue weighted by Gasteiger charge is 2.22. The van der Waals surface area contributed by atoms with Crippen LogP contribution in [0.15, 0.2) is 18.2 Å². The van der Waals surface area contributed by atoms with Crippen LogP contribution in [-0.2, 0) is 4.79 Å². The van der Waals surface area contributed by atoms with E-state index >= 15 is 0 Å². The van der Waals surface area contributed by atoms with Gasteiger partial charge in [0.25, 0.3) is 0 Å². The number of carbonyl (C=O) groups is 1. The Bertz CT molecular complexity index is 463. The summed E-state index contributed by atoms with van der Waals surface area (Å²) in [5.74, 6) is -0.944. The van der Waals surface area contributed by atoms with Crippen molar-refractivity contribution >= 4 is 23.2 Å². The summed E-state index contributed by atoms with van der Waals surface area (Å²) in [5, 5.41) is 12.3. The van der Waals surface area contributed by atoms with E-state index in [9.17, 15) is 4.79 Å². The number of hydrogen-bond donors (Lipinski definition) is 1. The summed E-state index contributed by atoms with van der Waals surface area (Å²) in [5.41, 5.74) is 1.46. The van der Waals surface area contributed by atoms with Gasteiger partial charge in [-0.15, -0.1) is 0 Å². The summed E-state index contributed by atoms with van der Waals surface area (Å²) in [6.07, 6.45) is 0. The summed E-state index contributed by atoms with van der Waals surface area (Å²) >= 11 is 5.96. The lowest BCUT2D eigenvalue weighted by Crippen LogP contribution is -2.25. The molecule has 90 valence electrons. The molecule has 0 heterocycles. The van der Waals surface area contributed by atoms with Crippen LogP contribution < -0.4 is 5.32 Å². The minimum atomic E-state index is -0.645. The van der Waals surface area contributed by atoms with Crippen LogP contribution in [0, 0.1) is 30.1 Å². The average Bonchev–Trinajstić information content (AvgIpc) is 2.25. The summed E-state index contributed by atoms with van der Waals surface area (Å²) in [6, 6.07) is 7.31. The van der Waals surface area contributed by atoms with Crippen LogP contribution >= 0.6 is 11.6 Å². The monoisotopic (exact) mass is 250 g/mol. The molecule has 0 saturated carbocycles. The van der Waals surface area contributed by atoms with Crippen LogP contribution in [0.5, 0.6) is 0 Å². The molecule has 17 heavy (non-hydrogen) atoms. The van der Waals surface area contributed by atoms with Gasteiger partial charge < -0.3 is 5.32 Å². The summed E-state index contributed by atoms with van der Waals surface area (Å²) < 4.78 is 0. The molecular weight excluding hydrogens is 236 g/mol. The van der Waals surface area contributed by atoms with Gasteiger partial charge in [0, 0.05) is 10.7 Å². The predicted molar refractivity (Wildman–Crippen MR) is 68.8 cm³/mol. The Labute approximate surface area is 106 Å². The van der Waals surface area contributed by atoms with Crippen molar-refractivity contribution in [1.29, 1.82) is 5.26 Å². The van der Waals surface area contributed by atoms with Crippen molar-refractivity contribution in [3.63, 3.8) is 0 Å².